The molecule has 0 saturated carbocycles. The maximum atomic E-state index is 8.85. The molecule has 2 aromatic carbocycles. The van der Waals surface area contributed by atoms with Gasteiger partial charge in [0.1, 0.15) is 12.4 Å². The number of rotatable bonds is 11. The number of likely N-dealkylation sites (N-methyl/N-ethyl adjacent to an activating group) is 1. The molecule has 7 nitrogen and oxygen atoms in total. The van der Waals surface area contributed by atoms with Crippen LogP contribution in [0.3, 0.4) is 0 Å². The highest BCUT2D eigenvalue weighted by atomic mass is 16.5. The maximum absolute atomic E-state index is 8.85. The number of benzene rings is 2. The molecule has 0 spiro atoms. The molecule has 3 aromatic rings. The van der Waals surface area contributed by atoms with Crippen molar-refractivity contribution in [3.05, 3.63) is 89.2 Å². The number of anilines is 1. The summed E-state index contributed by atoms with van der Waals surface area (Å²) in [5, 5.41) is 16.9. The summed E-state index contributed by atoms with van der Waals surface area (Å²) in [6.07, 6.45) is 6.05. The summed E-state index contributed by atoms with van der Waals surface area (Å²) >= 11 is 0. The Bertz CT molecular complexity index is 1160. The summed E-state index contributed by atoms with van der Waals surface area (Å²) in [6.45, 7) is 1.50. The van der Waals surface area contributed by atoms with E-state index < -0.39 is 0 Å². The summed E-state index contributed by atoms with van der Waals surface area (Å²) in [6, 6.07) is 18.3. The number of ether oxygens (including phenoxy) is 1. The first kappa shape index (κ1) is 24.4. The van der Waals surface area contributed by atoms with Crippen LogP contribution in [-0.2, 0) is 6.42 Å². The molecule has 1 aliphatic rings. The Morgan fingerprint density at radius 3 is 2.57 bits per heavy atom. The van der Waals surface area contributed by atoms with Crippen molar-refractivity contribution >= 4 is 17.1 Å². The smallest absolute Gasteiger partial charge is 0.119 e. The third-order valence-electron chi connectivity index (χ3n) is 6.16. The number of hydrogen-bond acceptors (Lipinski definition) is 7. The van der Waals surface area contributed by atoms with Gasteiger partial charge in [0.15, 0.2) is 0 Å². The van der Waals surface area contributed by atoms with Gasteiger partial charge in [-0.3, -0.25) is 4.98 Å². The molecule has 1 heterocycles. The van der Waals surface area contributed by atoms with Crippen LogP contribution in [-0.4, -0.2) is 55.6 Å². The summed E-state index contributed by atoms with van der Waals surface area (Å²) in [5.74, 6) is 0.826. The van der Waals surface area contributed by atoms with E-state index in [0.29, 0.717) is 18.7 Å². The Hall–Kier alpha value is -3.71. The minimum atomic E-state index is -0.0449. The van der Waals surface area contributed by atoms with Gasteiger partial charge in [0, 0.05) is 49.4 Å². The fraction of sp³-hybridized carbons (Fsp3) is 0.321. The molecule has 4 rings (SSSR count). The highest BCUT2D eigenvalue weighted by Gasteiger charge is 2.22. The van der Waals surface area contributed by atoms with E-state index in [0.717, 1.165) is 42.1 Å². The Balaban J connectivity index is 1.52. The van der Waals surface area contributed by atoms with Gasteiger partial charge in [0.2, 0.25) is 0 Å². The standard InChI is InChI=1S/C28H34N6O/c1-30-33-27-11-7-21-18-22(6-10-25(21)27)28(32-23-12-14-31-15-13-23)19-26(29)20-4-8-24(9-5-20)35-17-16-34(2)3/h4-6,8-10,12-15,18,28-30H,7,11,16-17,19H2,1-3H3,(H,31,32). The molecular weight excluding hydrogens is 436 g/mol. The van der Waals surface area contributed by atoms with Crippen molar-refractivity contribution in [3.8, 4) is 5.75 Å². The molecule has 0 aliphatic heterocycles. The molecule has 35 heavy (non-hydrogen) atoms. The second kappa shape index (κ2) is 11.6. The highest BCUT2D eigenvalue weighted by molar-refractivity contribution is 6.04. The minimum Gasteiger partial charge on any atom is -0.492 e. The second-order valence-electron chi connectivity index (χ2n) is 8.99. The topological polar surface area (TPSA) is 85.6 Å². The zero-order chi connectivity index (χ0) is 24.6. The largest absolute Gasteiger partial charge is 0.492 e. The normalized spacial score (nSPS) is 14.6. The number of nitrogens with one attached hydrogen (secondary N) is 3. The number of nitrogens with zero attached hydrogens (tertiary/aromatic N) is 3. The number of hydrogen-bond donors (Lipinski definition) is 3. The molecule has 1 aromatic heterocycles. The predicted octanol–water partition coefficient (Wildman–Crippen LogP) is 4.50. The van der Waals surface area contributed by atoms with E-state index >= 15 is 0 Å². The van der Waals surface area contributed by atoms with Gasteiger partial charge in [-0.25, -0.2) is 0 Å². The van der Waals surface area contributed by atoms with Gasteiger partial charge in [-0.2, -0.15) is 5.10 Å². The number of pyridine rings is 1. The average Bonchev–Trinajstić information content (AvgIpc) is 3.27. The summed E-state index contributed by atoms with van der Waals surface area (Å²) in [7, 11) is 5.89. The molecule has 3 N–H and O–H groups in total. The first-order valence-corrected chi connectivity index (χ1v) is 12.0. The van der Waals surface area contributed by atoms with Crippen LogP contribution in [0.4, 0.5) is 5.69 Å². The van der Waals surface area contributed by atoms with Crippen LogP contribution in [0.1, 0.15) is 41.1 Å². The van der Waals surface area contributed by atoms with Gasteiger partial charge < -0.3 is 25.8 Å². The number of aryl methyl sites for hydroxylation is 1. The molecule has 0 radical (unpaired) electrons. The lowest BCUT2D eigenvalue weighted by Gasteiger charge is -2.22. The molecule has 0 saturated heterocycles. The lowest BCUT2D eigenvalue weighted by Crippen LogP contribution is -2.19. The molecule has 0 fully saturated rings. The van der Waals surface area contributed by atoms with Crippen molar-refractivity contribution in [2.45, 2.75) is 25.3 Å². The monoisotopic (exact) mass is 470 g/mol. The highest BCUT2D eigenvalue weighted by Crippen LogP contribution is 2.30. The summed E-state index contributed by atoms with van der Waals surface area (Å²) in [5.41, 5.74) is 10.2. The van der Waals surface area contributed by atoms with Gasteiger partial charge >= 0.3 is 0 Å². The Morgan fingerprint density at radius 2 is 1.86 bits per heavy atom. The third-order valence-corrected chi connectivity index (χ3v) is 6.16. The molecule has 1 aliphatic carbocycles. The fourth-order valence-corrected chi connectivity index (χ4v) is 4.28. The summed E-state index contributed by atoms with van der Waals surface area (Å²) < 4.78 is 5.81. The van der Waals surface area contributed by atoms with E-state index in [9.17, 15) is 0 Å². The van der Waals surface area contributed by atoms with Crippen LogP contribution in [0, 0.1) is 5.41 Å². The van der Waals surface area contributed by atoms with E-state index in [2.05, 4.69) is 43.9 Å². The lowest BCUT2D eigenvalue weighted by molar-refractivity contribution is 0.261. The van der Waals surface area contributed by atoms with Crippen molar-refractivity contribution < 1.29 is 4.74 Å². The Morgan fingerprint density at radius 1 is 1.09 bits per heavy atom. The van der Waals surface area contributed by atoms with Crippen LogP contribution in [0.25, 0.3) is 0 Å². The molecule has 7 heteroatoms. The van der Waals surface area contributed by atoms with Crippen molar-refractivity contribution in [1.82, 2.24) is 15.3 Å². The van der Waals surface area contributed by atoms with Gasteiger partial charge in [-0.15, -0.1) is 0 Å². The van der Waals surface area contributed by atoms with Crippen molar-refractivity contribution in [3.63, 3.8) is 0 Å². The van der Waals surface area contributed by atoms with E-state index in [4.69, 9.17) is 10.1 Å². The van der Waals surface area contributed by atoms with Crippen LogP contribution in [0.15, 0.2) is 72.1 Å². The first-order chi connectivity index (χ1) is 17.0. The summed E-state index contributed by atoms with van der Waals surface area (Å²) in [4.78, 5) is 6.22. The molecule has 1 atom stereocenters. The van der Waals surface area contributed by atoms with E-state index in [-0.39, 0.29) is 6.04 Å². The van der Waals surface area contributed by atoms with Crippen LogP contribution >= 0.6 is 0 Å². The van der Waals surface area contributed by atoms with E-state index in [1.807, 2.05) is 57.5 Å². The number of hydrazone groups is 1. The molecule has 182 valence electrons. The number of aromatic nitrogens is 1. The zero-order valence-electron chi connectivity index (χ0n) is 20.7. The van der Waals surface area contributed by atoms with Crippen molar-refractivity contribution in [2.24, 2.45) is 5.10 Å². The minimum absolute atomic E-state index is 0.0449. The third kappa shape index (κ3) is 6.45. The second-order valence-corrected chi connectivity index (χ2v) is 8.99. The van der Waals surface area contributed by atoms with Crippen LogP contribution in [0.2, 0.25) is 0 Å². The molecule has 0 bridgehead atoms. The molecule has 1 unspecified atom stereocenters. The van der Waals surface area contributed by atoms with Gasteiger partial charge in [-0.1, -0.05) is 18.2 Å². The van der Waals surface area contributed by atoms with E-state index in [1.165, 1.54) is 16.7 Å². The molecular formula is C28H34N6O. The maximum Gasteiger partial charge on any atom is 0.119 e. The Labute approximate surface area is 207 Å². The van der Waals surface area contributed by atoms with Gasteiger partial charge in [0.25, 0.3) is 0 Å². The lowest BCUT2D eigenvalue weighted by atomic mass is 9.94. The Kier molecular flexibility index (Phi) is 8.11. The predicted molar refractivity (Wildman–Crippen MR) is 143 cm³/mol. The first-order valence-electron chi connectivity index (χ1n) is 12.0. The number of fused-ring (bicyclic) bond motifs is 1. The zero-order valence-corrected chi connectivity index (χ0v) is 20.7. The fourth-order valence-electron chi connectivity index (χ4n) is 4.28. The van der Waals surface area contributed by atoms with Crippen molar-refractivity contribution in [2.75, 3.05) is 39.6 Å². The van der Waals surface area contributed by atoms with E-state index in [1.54, 1.807) is 12.4 Å². The van der Waals surface area contributed by atoms with Gasteiger partial charge in [-0.05, 0) is 80.0 Å². The SMILES string of the molecule is CNN=C1CCc2cc(C(CC(=N)c3ccc(OCCN(C)C)cc3)Nc3ccncc3)ccc21. The van der Waals surface area contributed by atoms with Gasteiger partial charge in [0.05, 0.1) is 11.8 Å². The average molecular weight is 471 g/mol. The van der Waals surface area contributed by atoms with Crippen LogP contribution in [0.5, 0.6) is 5.75 Å². The quantitative estimate of drug-likeness (QED) is 0.284. The molecule has 0 amide bonds. The van der Waals surface area contributed by atoms with Crippen LogP contribution < -0.4 is 15.5 Å². The van der Waals surface area contributed by atoms with Crippen molar-refractivity contribution in [1.29, 1.82) is 5.41 Å².